The molecule has 0 radical (unpaired) electrons. The Morgan fingerprint density at radius 1 is 1.15 bits per heavy atom. The molecule has 8 heteroatoms. The Morgan fingerprint density at radius 2 is 1.88 bits per heavy atom. The standard InChI is InChI=1S/C26H37NO7/c1-7-27-22-25-11-15(31-4)13-10-14(17(25)18(13)33-6)26(22)16(32-5)8-9-24(3,23(27)30)20(26)19(21(25)29)34-12(2)28/h13-20,22H,7-11H2,1-6H3/t13-,14-,15+,16+,17-,18+,19+,20-,22-,24-,25-,26+/m1/s1. The van der Waals surface area contributed by atoms with Crippen molar-refractivity contribution in [2.24, 2.45) is 39.9 Å². The number of piperidine rings is 1. The fourth-order valence-corrected chi connectivity index (χ4v) is 10.7. The molecular weight excluding hydrogens is 438 g/mol. The molecule has 12 atom stereocenters. The first-order valence-electron chi connectivity index (χ1n) is 12.8. The minimum absolute atomic E-state index is 0.0285. The van der Waals surface area contributed by atoms with E-state index in [1.165, 1.54) is 6.92 Å². The van der Waals surface area contributed by atoms with E-state index in [0.717, 1.165) is 12.8 Å². The van der Waals surface area contributed by atoms with E-state index in [1.54, 1.807) is 21.3 Å². The lowest BCUT2D eigenvalue weighted by Crippen LogP contribution is -2.82. The molecule has 0 aromatic carbocycles. The van der Waals surface area contributed by atoms with Crippen LogP contribution in [0.25, 0.3) is 0 Å². The maximum absolute atomic E-state index is 14.7. The molecule has 188 valence electrons. The second-order valence-corrected chi connectivity index (χ2v) is 11.8. The Hall–Kier alpha value is -1.51. The number of carbonyl (C=O) groups excluding carboxylic acids is 3. The lowest BCUT2D eigenvalue weighted by molar-refractivity contribution is -0.265. The summed E-state index contributed by atoms with van der Waals surface area (Å²) in [6.07, 6.45) is 1.44. The Morgan fingerprint density at radius 3 is 2.47 bits per heavy atom. The number of hydrogen-bond donors (Lipinski definition) is 0. The molecule has 0 aromatic heterocycles. The highest BCUT2D eigenvalue weighted by Gasteiger charge is 2.90. The first-order valence-corrected chi connectivity index (χ1v) is 12.8. The van der Waals surface area contributed by atoms with Crippen molar-refractivity contribution in [1.29, 1.82) is 0 Å². The van der Waals surface area contributed by atoms with Gasteiger partial charge in [-0.05, 0) is 38.5 Å². The van der Waals surface area contributed by atoms with E-state index >= 15 is 0 Å². The fraction of sp³-hybridized carbons (Fsp3) is 0.885. The zero-order valence-corrected chi connectivity index (χ0v) is 21.0. The van der Waals surface area contributed by atoms with Gasteiger partial charge in [-0.25, -0.2) is 0 Å². The van der Waals surface area contributed by atoms with Gasteiger partial charge in [0.25, 0.3) is 0 Å². The molecule has 6 rings (SSSR count). The largest absolute Gasteiger partial charge is 0.454 e. The molecule has 7 bridgehead atoms. The van der Waals surface area contributed by atoms with Gasteiger partial charge in [0.2, 0.25) is 5.91 Å². The maximum Gasteiger partial charge on any atom is 0.303 e. The SMILES string of the molecule is CCN1C(=O)[C@]2(C)CC[C@H](OC)[C@@]34[C@@H]5C[C@H]6[C@H](OC)[C@@H]5[C@](C[C@@H]6OC)(C(=O)[C@@H](OC(C)=O)[C@@H]32)[C@@H]14. The fourth-order valence-electron chi connectivity index (χ4n) is 10.7. The summed E-state index contributed by atoms with van der Waals surface area (Å²) in [4.78, 5) is 43.3. The molecule has 34 heavy (non-hydrogen) atoms. The summed E-state index contributed by atoms with van der Waals surface area (Å²) >= 11 is 0. The molecule has 0 N–H and O–H groups in total. The smallest absolute Gasteiger partial charge is 0.303 e. The Balaban J connectivity index is 1.70. The highest BCUT2D eigenvalue weighted by molar-refractivity contribution is 5.99. The summed E-state index contributed by atoms with van der Waals surface area (Å²) < 4.78 is 24.3. The highest BCUT2D eigenvalue weighted by Crippen LogP contribution is 2.82. The van der Waals surface area contributed by atoms with Crippen LogP contribution in [-0.4, -0.2) is 80.9 Å². The average Bonchev–Trinajstić information content (AvgIpc) is 3.23. The first kappa shape index (κ1) is 22.9. The zero-order chi connectivity index (χ0) is 24.4. The number of nitrogens with zero attached hydrogens (tertiary/aromatic N) is 1. The Kier molecular flexibility index (Phi) is 4.75. The summed E-state index contributed by atoms with van der Waals surface area (Å²) in [5.74, 6) is -0.526. The normalized spacial score (nSPS) is 54.4. The third-order valence-electron chi connectivity index (χ3n) is 11.2. The number of methoxy groups -OCH3 is 3. The molecule has 8 nitrogen and oxygen atoms in total. The third kappa shape index (κ3) is 2.13. The Labute approximate surface area is 201 Å². The van der Waals surface area contributed by atoms with Gasteiger partial charge in [0.05, 0.1) is 35.2 Å². The van der Waals surface area contributed by atoms with Crippen LogP contribution in [0.2, 0.25) is 0 Å². The van der Waals surface area contributed by atoms with E-state index in [-0.39, 0.29) is 53.8 Å². The number of fused-ring (bicyclic) bond motifs is 1. The Bertz CT molecular complexity index is 953. The second kappa shape index (κ2) is 7.04. The van der Waals surface area contributed by atoms with Crippen LogP contribution >= 0.6 is 0 Å². The van der Waals surface area contributed by atoms with E-state index < -0.39 is 34.2 Å². The molecular formula is C26H37NO7. The summed E-state index contributed by atoms with van der Waals surface area (Å²) in [6.45, 7) is 5.91. The van der Waals surface area contributed by atoms with E-state index in [4.69, 9.17) is 18.9 Å². The van der Waals surface area contributed by atoms with Crippen molar-refractivity contribution in [2.45, 2.75) is 76.9 Å². The van der Waals surface area contributed by atoms with Crippen molar-refractivity contribution in [3.8, 4) is 0 Å². The molecule has 5 saturated carbocycles. The van der Waals surface area contributed by atoms with Crippen LogP contribution in [0, 0.1) is 39.9 Å². The van der Waals surface area contributed by atoms with Gasteiger partial charge in [0, 0.05) is 58.0 Å². The number of Topliss-reactive ketones (excluding diaryl/α,β-unsaturated/α-hetero) is 1. The van der Waals surface area contributed by atoms with Gasteiger partial charge in [-0.15, -0.1) is 0 Å². The van der Waals surface area contributed by atoms with Crippen LogP contribution in [0.5, 0.6) is 0 Å². The maximum atomic E-state index is 14.7. The van der Waals surface area contributed by atoms with Gasteiger partial charge in [0.15, 0.2) is 11.9 Å². The van der Waals surface area contributed by atoms with Crippen molar-refractivity contribution in [3.63, 3.8) is 0 Å². The number of ketones is 1. The summed E-state index contributed by atoms with van der Waals surface area (Å²) in [5, 5.41) is 0. The monoisotopic (exact) mass is 475 g/mol. The van der Waals surface area contributed by atoms with E-state index in [9.17, 15) is 14.4 Å². The quantitative estimate of drug-likeness (QED) is 0.561. The lowest BCUT2D eigenvalue weighted by atomic mass is 9.39. The average molecular weight is 476 g/mol. The van der Waals surface area contributed by atoms with Crippen LogP contribution in [0.15, 0.2) is 0 Å². The van der Waals surface area contributed by atoms with Crippen LogP contribution in [-0.2, 0) is 33.3 Å². The second-order valence-electron chi connectivity index (χ2n) is 11.8. The molecule has 1 heterocycles. The van der Waals surface area contributed by atoms with Gasteiger partial charge in [-0.1, -0.05) is 6.92 Å². The third-order valence-corrected chi connectivity index (χ3v) is 11.2. The number of carbonyl (C=O) groups is 3. The van der Waals surface area contributed by atoms with Gasteiger partial charge in [-0.3, -0.25) is 14.4 Å². The van der Waals surface area contributed by atoms with Crippen molar-refractivity contribution in [2.75, 3.05) is 27.9 Å². The molecule has 0 unspecified atom stereocenters. The van der Waals surface area contributed by atoms with Crippen molar-refractivity contribution in [3.05, 3.63) is 0 Å². The molecule has 1 amide bonds. The van der Waals surface area contributed by atoms with E-state index in [1.807, 2.05) is 18.7 Å². The first-order chi connectivity index (χ1) is 16.2. The summed E-state index contributed by atoms with van der Waals surface area (Å²) in [6, 6.07) is -0.299. The van der Waals surface area contributed by atoms with Crippen LogP contribution in [0.4, 0.5) is 0 Å². The van der Waals surface area contributed by atoms with E-state index in [2.05, 4.69) is 0 Å². The van der Waals surface area contributed by atoms with Crippen molar-refractivity contribution < 1.29 is 33.3 Å². The molecule has 6 fully saturated rings. The number of amides is 1. The predicted molar refractivity (Wildman–Crippen MR) is 120 cm³/mol. The molecule has 1 aliphatic heterocycles. The summed E-state index contributed by atoms with van der Waals surface area (Å²) in [5.41, 5.74) is -2.12. The van der Waals surface area contributed by atoms with Gasteiger partial charge in [-0.2, -0.15) is 0 Å². The minimum Gasteiger partial charge on any atom is -0.454 e. The number of esters is 1. The number of hydrogen-bond acceptors (Lipinski definition) is 7. The van der Waals surface area contributed by atoms with Crippen LogP contribution < -0.4 is 0 Å². The predicted octanol–water partition coefficient (Wildman–Crippen LogP) is 1.84. The lowest BCUT2D eigenvalue weighted by Gasteiger charge is -2.71. The van der Waals surface area contributed by atoms with Gasteiger partial charge in [0.1, 0.15) is 0 Å². The number of rotatable bonds is 5. The topological polar surface area (TPSA) is 91.4 Å². The molecule has 6 aliphatic rings. The molecule has 1 saturated heterocycles. The van der Waals surface area contributed by atoms with Gasteiger partial charge < -0.3 is 23.8 Å². The van der Waals surface area contributed by atoms with Crippen LogP contribution in [0.1, 0.15) is 46.5 Å². The van der Waals surface area contributed by atoms with Crippen molar-refractivity contribution >= 4 is 17.7 Å². The zero-order valence-electron chi connectivity index (χ0n) is 21.0. The number of likely N-dealkylation sites (tertiary alicyclic amines) is 1. The van der Waals surface area contributed by atoms with E-state index in [0.29, 0.717) is 19.4 Å². The highest BCUT2D eigenvalue weighted by atomic mass is 16.5. The van der Waals surface area contributed by atoms with Crippen LogP contribution in [0.3, 0.4) is 0 Å². The van der Waals surface area contributed by atoms with Gasteiger partial charge >= 0.3 is 5.97 Å². The molecule has 0 aromatic rings. The minimum atomic E-state index is -0.947. The van der Waals surface area contributed by atoms with Crippen molar-refractivity contribution in [1.82, 2.24) is 4.90 Å². The molecule has 2 spiro atoms. The number of ether oxygens (including phenoxy) is 4. The summed E-state index contributed by atoms with van der Waals surface area (Å²) in [7, 11) is 5.19. The molecule has 5 aliphatic carbocycles.